The van der Waals surface area contributed by atoms with Crippen LogP contribution in [0.3, 0.4) is 0 Å². The summed E-state index contributed by atoms with van der Waals surface area (Å²) in [5.41, 5.74) is 5.78. The number of nitrogens with two attached hydrogens (primary N) is 1. The molecule has 5 heteroatoms. The zero-order chi connectivity index (χ0) is 13.2. The first-order valence-electron chi connectivity index (χ1n) is 5.91. The summed E-state index contributed by atoms with van der Waals surface area (Å²) in [6.07, 6.45) is 2.28. The SMILES string of the molecule is NC(=O)c1ccc(CNC2(C(=O)O)CCC2)cc1. The number of nitrogens with one attached hydrogen (secondary N) is 1. The molecule has 0 spiro atoms. The summed E-state index contributed by atoms with van der Waals surface area (Å²) in [6.45, 7) is 0.478. The van der Waals surface area contributed by atoms with E-state index >= 15 is 0 Å². The number of aliphatic carboxylic acids is 1. The van der Waals surface area contributed by atoms with Crippen LogP contribution in [-0.4, -0.2) is 22.5 Å². The van der Waals surface area contributed by atoms with E-state index in [9.17, 15) is 9.59 Å². The second kappa shape index (κ2) is 4.78. The van der Waals surface area contributed by atoms with Crippen molar-refractivity contribution in [2.75, 3.05) is 0 Å². The molecule has 0 atom stereocenters. The third kappa shape index (κ3) is 2.36. The van der Waals surface area contributed by atoms with Gasteiger partial charge >= 0.3 is 5.97 Å². The first-order chi connectivity index (χ1) is 8.53. The lowest BCUT2D eigenvalue weighted by Gasteiger charge is -2.38. The minimum absolute atomic E-state index is 0.454. The number of rotatable bonds is 5. The van der Waals surface area contributed by atoms with E-state index in [1.807, 2.05) is 0 Å². The fourth-order valence-electron chi connectivity index (χ4n) is 2.05. The largest absolute Gasteiger partial charge is 0.480 e. The van der Waals surface area contributed by atoms with Gasteiger partial charge in [-0.3, -0.25) is 14.9 Å². The van der Waals surface area contributed by atoms with E-state index in [1.165, 1.54) is 0 Å². The highest BCUT2D eigenvalue weighted by Gasteiger charge is 2.43. The van der Waals surface area contributed by atoms with Gasteiger partial charge in [0.1, 0.15) is 5.54 Å². The molecule has 0 radical (unpaired) electrons. The molecule has 18 heavy (non-hydrogen) atoms. The van der Waals surface area contributed by atoms with E-state index in [2.05, 4.69) is 5.32 Å². The maximum absolute atomic E-state index is 11.1. The van der Waals surface area contributed by atoms with E-state index in [1.54, 1.807) is 24.3 Å². The number of carboxylic acid groups (broad SMARTS) is 1. The molecule has 1 aliphatic rings. The quantitative estimate of drug-likeness (QED) is 0.721. The summed E-state index contributed by atoms with van der Waals surface area (Å²) in [6, 6.07) is 6.85. The molecule has 1 amide bonds. The highest BCUT2D eigenvalue weighted by atomic mass is 16.4. The predicted octanol–water partition coefficient (Wildman–Crippen LogP) is 0.882. The molecule has 1 aliphatic carbocycles. The Morgan fingerprint density at radius 2 is 1.89 bits per heavy atom. The molecule has 1 saturated carbocycles. The van der Waals surface area contributed by atoms with E-state index in [-0.39, 0.29) is 0 Å². The topological polar surface area (TPSA) is 92.4 Å². The molecule has 0 bridgehead atoms. The van der Waals surface area contributed by atoms with Gasteiger partial charge in [0.25, 0.3) is 0 Å². The van der Waals surface area contributed by atoms with Crippen LogP contribution in [0.25, 0.3) is 0 Å². The van der Waals surface area contributed by atoms with Crippen LogP contribution in [0, 0.1) is 0 Å². The summed E-state index contributed by atoms with van der Waals surface area (Å²) in [7, 11) is 0. The number of primary amides is 1. The molecule has 1 aromatic carbocycles. The van der Waals surface area contributed by atoms with Crippen LogP contribution in [-0.2, 0) is 11.3 Å². The smallest absolute Gasteiger partial charge is 0.323 e. The van der Waals surface area contributed by atoms with Crippen molar-refractivity contribution < 1.29 is 14.7 Å². The summed E-state index contributed by atoms with van der Waals surface area (Å²) < 4.78 is 0. The second-order valence-corrected chi connectivity index (χ2v) is 4.66. The van der Waals surface area contributed by atoms with Crippen LogP contribution >= 0.6 is 0 Å². The van der Waals surface area contributed by atoms with Crippen LogP contribution in [0.2, 0.25) is 0 Å². The van der Waals surface area contributed by atoms with Crippen LogP contribution in [0.15, 0.2) is 24.3 Å². The third-order valence-corrected chi connectivity index (χ3v) is 3.49. The van der Waals surface area contributed by atoms with Gasteiger partial charge < -0.3 is 10.8 Å². The first-order valence-corrected chi connectivity index (χ1v) is 5.91. The van der Waals surface area contributed by atoms with E-state index in [0.29, 0.717) is 24.9 Å². The number of hydrogen-bond donors (Lipinski definition) is 3. The van der Waals surface area contributed by atoms with Gasteiger partial charge in [-0.05, 0) is 37.0 Å². The van der Waals surface area contributed by atoms with Crippen LogP contribution in [0.4, 0.5) is 0 Å². The molecule has 1 aromatic rings. The standard InChI is InChI=1S/C13H16N2O3/c14-11(16)10-4-2-9(3-5-10)8-15-13(12(17)18)6-1-7-13/h2-5,15H,1,6-8H2,(H2,14,16)(H,17,18). The maximum Gasteiger partial charge on any atom is 0.323 e. The molecular formula is C13H16N2O3. The highest BCUT2D eigenvalue weighted by Crippen LogP contribution is 2.32. The molecule has 1 fully saturated rings. The lowest BCUT2D eigenvalue weighted by Crippen LogP contribution is -2.56. The Bertz CT molecular complexity index is 464. The van der Waals surface area contributed by atoms with Crippen molar-refractivity contribution in [2.24, 2.45) is 5.73 Å². The third-order valence-electron chi connectivity index (χ3n) is 3.49. The van der Waals surface area contributed by atoms with Crippen LogP contribution < -0.4 is 11.1 Å². The Balaban J connectivity index is 1.98. The van der Waals surface area contributed by atoms with Gasteiger partial charge in [-0.25, -0.2) is 0 Å². The predicted molar refractivity (Wildman–Crippen MR) is 66.0 cm³/mol. The molecule has 5 nitrogen and oxygen atoms in total. The average Bonchev–Trinajstić information content (AvgIpc) is 2.27. The average molecular weight is 248 g/mol. The molecule has 0 saturated heterocycles. The monoisotopic (exact) mass is 248 g/mol. The van der Waals surface area contributed by atoms with Crippen molar-refractivity contribution in [1.82, 2.24) is 5.32 Å². The van der Waals surface area contributed by atoms with Gasteiger partial charge in [0.05, 0.1) is 0 Å². The lowest BCUT2D eigenvalue weighted by molar-refractivity contribution is -0.148. The first kappa shape index (κ1) is 12.6. The van der Waals surface area contributed by atoms with Gasteiger partial charge in [-0.1, -0.05) is 12.1 Å². The fraction of sp³-hybridized carbons (Fsp3) is 0.385. The van der Waals surface area contributed by atoms with Gasteiger partial charge in [0, 0.05) is 12.1 Å². The van der Waals surface area contributed by atoms with Gasteiger partial charge in [0.2, 0.25) is 5.91 Å². The Morgan fingerprint density at radius 3 is 2.28 bits per heavy atom. The molecular weight excluding hydrogens is 232 g/mol. The number of amides is 1. The summed E-state index contributed by atoms with van der Waals surface area (Å²) in [5, 5.41) is 12.2. The minimum Gasteiger partial charge on any atom is -0.480 e. The van der Waals surface area contributed by atoms with Crippen molar-refractivity contribution in [3.05, 3.63) is 35.4 Å². The van der Waals surface area contributed by atoms with E-state index in [4.69, 9.17) is 10.8 Å². The van der Waals surface area contributed by atoms with Gasteiger partial charge in [-0.2, -0.15) is 0 Å². The number of carbonyl (C=O) groups is 2. The van der Waals surface area contributed by atoms with Crippen molar-refractivity contribution >= 4 is 11.9 Å². The zero-order valence-corrected chi connectivity index (χ0v) is 9.98. The van der Waals surface area contributed by atoms with Crippen molar-refractivity contribution in [3.63, 3.8) is 0 Å². The summed E-state index contributed by atoms with van der Waals surface area (Å²) in [5.74, 6) is -1.25. The number of benzene rings is 1. The molecule has 4 N–H and O–H groups in total. The van der Waals surface area contributed by atoms with E-state index < -0.39 is 17.4 Å². The van der Waals surface area contributed by atoms with Crippen LogP contribution in [0.5, 0.6) is 0 Å². The zero-order valence-electron chi connectivity index (χ0n) is 9.98. The van der Waals surface area contributed by atoms with Gasteiger partial charge in [0.15, 0.2) is 0 Å². The molecule has 0 heterocycles. The molecule has 0 aliphatic heterocycles. The lowest BCUT2D eigenvalue weighted by atomic mass is 9.76. The second-order valence-electron chi connectivity index (χ2n) is 4.66. The van der Waals surface area contributed by atoms with Crippen molar-refractivity contribution in [3.8, 4) is 0 Å². The molecule has 2 rings (SSSR count). The van der Waals surface area contributed by atoms with Crippen molar-refractivity contribution in [2.45, 2.75) is 31.3 Å². The number of carbonyl (C=O) groups excluding carboxylic acids is 1. The molecule has 0 unspecified atom stereocenters. The molecule has 96 valence electrons. The number of hydrogen-bond acceptors (Lipinski definition) is 3. The summed E-state index contributed by atoms with van der Waals surface area (Å²) in [4.78, 5) is 22.0. The van der Waals surface area contributed by atoms with E-state index in [0.717, 1.165) is 12.0 Å². The Kier molecular flexibility index (Phi) is 3.34. The Morgan fingerprint density at radius 1 is 1.28 bits per heavy atom. The number of carboxylic acids is 1. The Hall–Kier alpha value is -1.88. The minimum atomic E-state index is -0.789. The molecule has 0 aromatic heterocycles. The van der Waals surface area contributed by atoms with Crippen molar-refractivity contribution in [1.29, 1.82) is 0 Å². The summed E-state index contributed by atoms with van der Waals surface area (Å²) >= 11 is 0. The maximum atomic E-state index is 11.1. The fourth-order valence-corrected chi connectivity index (χ4v) is 2.05. The Labute approximate surface area is 105 Å². The van der Waals surface area contributed by atoms with Gasteiger partial charge in [-0.15, -0.1) is 0 Å². The normalized spacial score (nSPS) is 16.9. The van der Waals surface area contributed by atoms with Crippen LogP contribution in [0.1, 0.15) is 35.2 Å². The highest BCUT2D eigenvalue weighted by molar-refractivity contribution is 5.92.